The third kappa shape index (κ3) is 1.36. The zero-order valence-corrected chi connectivity index (χ0v) is 8.52. The quantitative estimate of drug-likeness (QED) is 0.430. The van der Waals surface area contributed by atoms with Gasteiger partial charge in [-0.1, -0.05) is 15.9 Å². The van der Waals surface area contributed by atoms with Crippen LogP contribution in [0.4, 0.5) is 0 Å². The summed E-state index contributed by atoms with van der Waals surface area (Å²) in [5.41, 5.74) is 2.95. The molecule has 0 aliphatic carbocycles. The summed E-state index contributed by atoms with van der Waals surface area (Å²) in [5.74, 6) is 4.62. The summed E-state index contributed by atoms with van der Waals surface area (Å²) < 4.78 is 2.16. The van der Waals surface area contributed by atoms with Crippen molar-refractivity contribution in [1.29, 1.82) is 0 Å². The molecular formula is C7H6BrN5O. The Balaban J connectivity index is 2.72. The number of pyridine rings is 1. The summed E-state index contributed by atoms with van der Waals surface area (Å²) in [5, 5.41) is 3.90. The summed E-state index contributed by atoms with van der Waals surface area (Å²) in [6.45, 7) is 0. The molecule has 14 heavy (non-hydrogen) atoms. The molecule has 0 bridgehead atoms. The molecule has 0 unspecified atom stereocenters. The average molecular weight is 256 g/mol. The Hall–Kier alpha value is -1.47. The monoisotopic (exact) mass is 255 g/mol. The molecule has 0 spiro atoms. The molecule has 2 rings (SSSR count). The number of hydrogen-bond acceptors (Lipinski definition) is 4. The van der Waals surface area contributed by atoms with Crippen molar-refractivity contribution in [3.8, 4) is 0 Å². The second-order valence-electron chi connectivity index (χ2n) is 2.56. The number of aromatic nitrogens is 3. The van der Waals surface area contributed by atoms with Gasteiger partial charge in [-0.05, 0) is 12.1 Å². The SMILES string of the molecule is NNC(=O)c1cc(Br)cc2ncnn12. The van der Waals surface area contributed by atoms with Crippen molar-refractivity contribution in [3.63, 3.8) is 0 Å². The fourth-order valence-electron chi connectivity index (χ4n) is 1.13. The number of carbonyl (C=O) groups is 1. The van der Waals surface area contributed by atoms with Crippen LogP contribution >= 0.6 is 15.9 Å². The lowest BCUT2D eigenvalue weighted by Crippen LogP contribution is -2.31. The minimum Gasteiger partial charge on any atom is -0.289 e. The predicted octanol–water partition coefficient (Wildman–Crippen LogP) is 0.0953. The second-order valence-corrected chi connectivity index (χ2v) is 3.48. The number of fused-ring (bicyclic) bond motifs is 1. The van der Waals surface area contributed by atoms with E-state index in [4.69, 9.17) is 5.84 Å². The number of nitrogens with two attached hydrogens (primary N) is 1. The molecule has 6 nitrogen and oxygen atoms in total. The van der Waals surface area contributed by atoms with Crippen LogP contribution in [0.5, 0.6) is 0 Å². The van der Waals surface area contributed by atoms with Gasteiger partial charge in [0.2, 0.25) is 0 Å². The van der Waals surface area contributed by atoms with Gasteiger partial charge in [0, 0.05) is 4.47 Å². The summed E-state index contributed by atoms with van der Waals surface area (Å²) in [7, 11) is 0. The molecular weight excluding hydrogens is 250 g/mol. The van der Waals surface area contributed by atoms with Gasteiger partial charge in [-0.25, -0.2) is 15.3 Å². The summed E-state index contributed by atoms with van der Waals surface area (Å²) in [6.07, 6.45) is 1.37. The molecule has 3 N–H and O–H groups in total. The van der Waals surface area contributed by atoms with E-state index in [0.29, 0.717) is 11.3 Å². The molecule has 0 aliphatic heterocycles. The van der Waals surface area contributed by atoms with E-state index >= 15 is 0 Å². The summed E-state index contributed by atoms with van der Waals surface area (Å²) in [4.78, 5) is 15.3. The van der Waals surface area contributed by atoms with Crippen molar-refractivity contribution >= 4 is 27.5 Å². The number of nitrogens with one attached hydrogen (secondary N) is 1. The molecule has 0 fully saturated rings. The molecule has 0 aliphatic rings. The van der Waals surface area contributed by atoms with Crippen molar-refractivity contribution in [3.05, 3.63) is 28.6 Å². The fourth-order valence-corrected chi connectivity index (χ4v) is 1.55. The number of nitrogen functional groups attached to an aromatic ring is 1. The van der Waals surface area contributed by atoms with Gasteiger partial charge in [0.05, 0.1) is 0 Å². The van der Waals surface area contributed by atoms with E-state index in [1.165, 1.54) is 10.8 Å². The first-order chi connectivity index (χ1) is 6.72. The van der Waals surface area contributed by atoms with Crippen LogP contribution in [0.2, 0.25) is 0 Å². The highest BCUT2D eigenvalue weighted by molar-refractivity contribution is 9.10. The minimum atomic E-state index is -0.415. The highest BCUT2D eigenvalue weighted by atomic mass is 79.9. The molecule has 2 aromatic heterocycles. The predicted molar refractivity (Wildman–Crippen MR) is 52.3 cm³/mol. The number of hydrazine groups is 1. The lowest BCUT2D eigenvalue weighted by atomic mass is 10.3. The lowest BCUT2D eigenvalue weighted by Gasteiger charge is -2.02. The van der Waals surface area contributed by atoms with Gasteiger partial charge in [0.15, 0.2) is 5.65 Å². The van der Waals surface area contributed by atoms with Gasteiger partial charge >= 0.3 is 0 Å². The zero-order valence-electron chi connectivity index (χ0n) is 6.94. The van der Waals surface area contributed by atoms with Crippen LogP contribution in [0.25, 0.3) is 5.65 Å². The topological polar surface area (TPSA) is 85.3 Å². The third-order valence-corrected chi connectivity index (χ3v) is 2.17. The van der Waals surface area contributed by atoms with Crippen LogP contribution in [0.3, 0.4) is 0 Å². The number of carbonyl (C=O) groups excluding carboxylic acids is 1. The molecule has 2 heterocycles. The maximum absolute atomic E-state index is 11.3. The van der Waals surface area contributed by atoms with Crippen molar-refractivity contribution in [1.82, 2.24) is 20.0 Å². The Bertz CT molecular complexity index is 494. The number of rotatable bonds is 1. The van der Waals surface area contributed by atoms with E-state index in [-0.39, 0.29) is 0 Å². The van der Waals surface area contributed by atoms with Gasteiger partial charge in [0.25, 0.3) is 5.91 Å². The van der Waals surface area contributed by atoms with Crippen LogP contribution in [-0.2, 0) is 0 Å². The molecule has 0 saturated heterocycles. The molecule has 0 saturated carbocycles. The van der Waals surface area contributed by atoms with E-state index in [1.807, 2.05) is 5.43 Å². The van der Waals surface area contributed by atoms with Crippen LogP contribution in [0, 0.1) is 0 Å². The molecule has 7 heteroatoms. The van der Waals surface area contributed by atoms with E-state index in [9.17, 15) is 4.79 Å². The largest absolute Gasteiger partial charge is 0.289 e. The first-order valence-corrected chi connectivity index (χ1v) is 4.52. The van der Waals surface area contributed by atoms with E-state index in [1.54, 1.807) is 12.1 Å². The zero-order chi connectivity index (χ0) is 10.1. The lowest BCUT2D eigenvalue weighted by molar-refractivity contribution is 0.0946. The fraction of sp³-hybridized carbons (Fsp3) is 0. The number of hydrogen-bond donors (Lipinski definition) is 2. The Kier molecular flexibility index (Phi) is 2.18. The first-order valence-electron chi connectivity index (χ1n) is 3.72. The Morgan fingerprint density at radius 1 is 1.57 bits per heavy atom. The van der Waals surface area contributed by atoms with Crippen molar-refractivity contribution < 1.29 is 4.79 Å². The number of amides is 1. The van der Waals surface area contributed by atoms with Crippen molar-refractivity contribution in [2.45, 2.75) is 0 Å². The van der Waals surface area contributed by atoms with Crippen molar-refractivity contribution in [2.24, 2.45) is 5.84 Å². The van der Waals surface area contributed by atoms with Gasteiger partial charge in [0.1, 0.15) is 12.0 Å². The van der Waals surface area contributed by atoms with E-state index < -0.39 is 5.91 Å². The molecule has 0 aromatic carbocycles. The summed E-state index contributed by atoms with van der Waals surface area (Å²) in [6, 6.07) is 3.37. The molecule has 0 radical (unpaired) electrons. The highest BCUT2D eigenvalue weighted by Crippen LogP contribution is 2.14. The number of nitrogens with zero attached hydrogens (tertiary/aromatic N) is 3. The number of halogens is 1. The molecule has 2 aromatic rings. The maximum atomic E-state index is 11.3. The Morgan fingerprint density at radius 3 is 3.07 bits per heavy atom. The maximum Gasteiger partial charge on any atom is 0.283 e. The van der Waals surface area contributed by atoms with Crippen molar-refractivity contribution in [2.75, 3.05) is 0 Å². The second kappa shape index (κ2) is 3.35. The van der Waals surface area contributed by atoms with Crippen LogP contribution in [0.1, 0.15) is 10.5 Å². The molecule has 72 valence electrons. The third-order valence-electron chi connectivity index (χ3n) is 1.71. The average Bonchev–Trinajstić information content (AvgIpc) is 2.62. The van der Waals surface area contributed by atoms with Gasteiger partial charge in [-0.2, -0.15) is 5.10 Å². The van der Waals surface area contributed by atoms with E-state index in [0.717, 1.165) is 4.47 Å². The first kappa shape index (κ1) is 9.10. The Labute approximate surface area is 87.2 Å². The van der Waals surface area contributed by atoms with Gasteiger partial charge < -0.3 is 0 Å². The van der Waals surface area contributed by atoms with Crippen LogP contribution < -0.4 is 11.3 Å². The molecule has 1 amide bonds. The highest BCUT2D eigenvalue weighted by Gasteiger charge is 2.11. The smallest absolute Gasteiger partial charge is 0.283 e. The van der Waals surface area contributed by atoms with Crippen LogP contribution in [0.15, 0.2) is 22.9 Å². The van der Waals surface area contributed by atoms with E-state index in [2.05, 4.69) is 26.0 Å². The Morgan fingerprint density at radius 2 is 2.36 bits per heavy atom. The van der Waals surface area contributed by atoms with Gasteiger partial charge in [-0.3, -0.25) is 10.2 Å². The van der Waals surface area contributed by atoms with Gasteiger partial charge in [-0.15, -0.1) is 0 Å². The standard InChI is InChI=1S/C7H6BrN5O/c8-4-1-5(7(14)12-9)13-6(2-4)10-3-11-13/h1-3H,9H2,(H,12,14). The molecule has 0 atom stereocenters. The summed E-state index contributed by atoms with van der Waals surface area (Å²) >= 11 is 3.26. The van der Waals surface area contributed by atoms with Crippen LogP contribution in [-0.4, -0.2) is 20.5 Å². The minimum absolute atomic E-state index is 0.328. The normalized spacial score (nSPS) is 10.4.